The quantitative estimate of drug-likeness (QED) is 0.838. The molecule has 5 nitrogen and oxygen atoms in total. The molecule has 0 saturated carbocycles. The maximum Gasteiger partial charge on any atom is 0.237 e. The molecule has 2 atom stereocenters. The molecule has 2 saturated heterocycles. The maximum absolute atomic E-state index is 12.5. The van der Waals surface area contributed by atoms with Crippen molar-refractivity contribution in [2.24, 2.45) is 11.7 Å². The molecule has 0 aromatic carbocycles. The van der Waals surface area contributed by atoms with Gasteiger partial charge in [0.2, 0.25) is 11.8 Å². The van der Waals surface area contributed by atoms with Crippen LogP contribution in [-0.4, -0.2) is 53.3 Å². The fourth-order valence-electron chi connectivity index (χ4n) is 3.56. The first-order chi connectivity index (χ1) is 9.49. The number of carbonyl (C=O) groups is 2. The molecule has 2 unspecified atom stereocenters. The number of primary amides is 1. The lowest BCUT2D eigenvalue weighted by Crippen LogP contribution is -2.52. The van der Waals surface area contributed by atoms with Gasteiger partial charge in [0.25, 0.3) is 0 Å². The Hall–Kier alpha value is -1.10. The second kappa shape index (κ2) is 6.57. The molecule has 0 bridgehead atoms. The first-order valence-electron chi connectivity index (χ1n) is 7.82. The van der Waals surface area contributed by atoms with Crippen LogP contribution in [0, 0.1) is 5.92 Å². The summed E-state index contributed by atoms with van der Waals surface area (Å²) in [6.07, 6.45) is 5.01. The van der Waals surface area contributed by atoms with Gasteiger partial charge in [-0.15, -0.1) is 0 Å². The molecular weight excluding hydrogens is 254 g/mol. The number of nitrogens with two attached hydrogens (primary N) is 1. The van der Waals surface area contributed by atoms with Crippen LogP contribution in [0.25, 0.3) is 0 Å². The molecule has 0 aromatic rings. The van der Waals surface area contributed by atoms with Crippen LogP contribution in [0.2, 0.25) is 0 Å². The second-order valence-corrected chi connectivity index (χ2v) is 6.38. The zero-order valence-electron chi connectivity index (χ0n) is 12.7. The minimum absolute atomic E-state index is 0.00538. The second-order valence-electron chi connectivity index (χ2n) is 6.38. The molecule has 20 heavy (non-hydrogen) atoms. The lowest BCUT2D eigenvalue weighted by atomic mass is 9.95. The van der Waals surface area contributed by atoms with Crippen molar-refractivity contribution in [3.63, 3.8) is 0 Å². The molecule has 0 spiro atoms. The largest absolute Gasteiger partial charge is 0.369 e. The summed E-state index contributed by atoms with van der Waals surface area (Å²) in [5.74, 6) is 0.0330. The third-order valence-corrected chi connectivity index (χ3v) is 4.83. The number of piperidine rings is 2. The average molecular weight is 281 g/mol. The zero-order valence-corrected chi connectivity index (χ0v) is 12.7. The van der Waals surface area contributed by atoms with Crippen molar-refractivity contribution in [1.82, 2.24) is 9.80 Å². The minimum Gasteiger partial charge on any atom is -0.369 e. The Morgan fingerprint density at radius 1 is 1.05 bits per heavy atom. The van der Waals surface area contributed by atoms with E-state index in [-0.39, 0.29) is 17.7 Å². The Kier molecular flexibility index (Phi) is 5.02. The van der Waals surface area contributed by atoms with Crippen LogP contribution in [0.15, 0.2) is 0 Å². The summed E-state index contributed by atoms with van der Waals surface area (Å²) in [6, 6.07) is 0.712. The number of carbonyl (C=O) groups excluding carboxylic acids is 2. The highest BCUT2D eigenvalue weighted by Crippen LogP contribution is 2.23. The molecule has 0 radical (unpaired) electrons. The summed E-state index contributed by atoms with van der Waals surface area (Å²) in [7, 11) is 0. The van der Waals surface area contributed by atoms with E-state index in [0.717, 1.165) is 38.8 Å². The SMILES string of the molecule is CC1CCCC(C)N1C(=O)CN1CCC(C(N)=O)CC1. The Balaban J connectivity index is 1.84. The van der Waals surface area contributed by atoms with Gasteiger partial charge in [0.05, 0.1) is 6.54 Å². The van der Waals surface area contributed by atoms with Crippen molar-refractivity contribution in [3.8, 4) is 0 Å². The van der Waals surface area contributed by atoms with Gasteiger partial charge in [0.15, 0.2) is 0 Å². The summed E-state index contributed by atoms with van der Waals surface area (Å²) in [6.45, 7) is 6.38. The lowest BCUT2D eigenvalue weighted by molar-refractivity contribution is -0.138. The van der Waals surface area contributed by atoms with Crippen molar-refractivity contribution < 1.29 is 9.59 Å². The van der Waals surface area contributed by atoms with E-state index in [4.69, 9.17) is 5.73 Å². The zero-order chi connectivity index (χ0) is 14.7. The van der Waals surface area contributed by atoms with E-state index in [1.54, 1.807) is 0 Å². The van der Waals surface area contributed by atoms with Gasteiger partial charge in [-0.3, -0.25) is 14.5 Å². The number of rotatable bonds is 3. The summed E-state index contributed by atoms with van der Waals surface area (Å²) in [4.78, 5) is 27.9. The highest BCUT2D eigenvalue weighted by Gasteiger charge is 2.31. The van der Waals surface area contributed by atoms with Gasteiger partial charge in [-0.05, 0) is 59.0 Å². The molecule has 114 valence electrons. The van der Waals surface area contributed by atoms with Crippen molar-refractivity contribution in [1.29, 1.82) is 0 Å². The van der Waals surface area contributed by atoms with Gasteiger partial charge in [-0.1, -0.05) is 0 Å². The molecule has 2 amide bonds. The van der Waals surface area contributed by atoms with Crippen LogP contribution < -0.4 is 5.73 Å². The third-order valence-electron chi connectivity index (χ3n) is 4.83. The Labute approximate surface area is 121 Å². The minimum atomic E-state index is -0.200. The third kappa shape index (κ3) is 3.51. The van der Waals surface area contributed by atoms with Crippen molar-refractivity contribution in [3.05, 3.63) is 0 Å². The van der Waals surface area contributed by atoms with E-state index in [9.17, 15) is 9.59 Å². The smallest absolute Gasteiger partial charge is 0.237 e. The maximum atomic E-state index is 12.5. The molecule has 2 rings (SSSR count). The first kappa shape index (κ1) is 15.3. The van der Waals surface area contributed by atoms with Gasteiger partial charge in [-0.25, -0.2) is 0 Å². The fraction of sp³-hybridized carbons (Fsp3) is 0.867. The van der Waals surface area contributed by atoms with E-state index in [0.29, 0.717) is 18.6 Å². The van der Waals surface area contributed by atoms with Gasteiger partial charge in [0, 0.05) is 18.0 Å². The summed E-state index contributed by atoms with van der Waals surface area (Å²) in [5, 5.41) is 0. The van der Waals surface area contributed by atoms with Crippen LogP contribution in [0.4, 0.5) is 0 Å². The number of amides is 2. The van der Waals surface area contributed by atoms with Crippen molar-refractivity contribution in [2.75, 3.05) is 19.6 Å². The van der Waals surface area contributed by atoms with Crippen molar-refractivity contribution in [2.45, 2.75) is 58.0 Å². The van der Waals surface area contributed by atoms with Crippen LogP contribution in [0.1, 0.15) is 46.0 Å². The summed E-state index contributed by atoms with van der Waals surface area (Å²) in [5.41, 5.74) is 5.33. The van der Waals surface area contributed by atoms with E-state index in [1.165, 1.54) is 6.42 Å². The fourth-order valence-corrected chi connectivity index (χ4v) is 3.56. The molecule has 2 aliphatic rings. The van der Waals surface area contributed by atoms with Crippen LogP contribution in [0.5, 0.6) is 0 Å². The normalized spacial score (nSPS) is 29.4. The molecule has 5 heteroatoms. The topological polar surface area (TPSA) is 66.6 Å². The molecule has 0 aromatic heterocycles. The van der Waals surface area contributed by atoms with Crippen LogP contribution in [0.3, 0.4) is 0 Å². The number of hydrogen-bond donors (Lipinski definition) is 1. The predicted molar refractivity (Wildman–Crippen MR) is 78.0 cm³/mol. The van der Waals surface area contributed by atoms with E-state index < -0.39 is 0 Å². The van der Waals surface area contributed by atoms with E-state index in [2.05, 4.69) is 23.6 Å². The van der Waals surface area contributed by atoms with Crippen molar-refractivity contribution >= 4 is 11.8 Å². The van der Waals surface area contributed by atoms with Gasteiger partial charge in [0.1, 0.15) is 0 Å². The molecule has 2 N–H and O–H groups in total. The van der Waals surface area contributed by atoms with Gasteiger partial charge in [-0.2, -0.15) is 0 Å². The summed E-state index contributed by atoms with van der Waals surface area (Å²) < 4.78 is 0. The predicted octanol–water partition coefficient (Wildman–Crippen LogP) is 0.973. The number of hydrogen-bond acceptors (Lipinski definition) is 3. The monoisotopic (exact) mass is 281 g/mol. The molecular formula is C15H27N3O2. The average Bonchev–Trinajstić information content (AvgIpc) is 2.39. The molecule has 2 heterocycles. The van der Waals surface area contributed by atoms with Crippen LogP contribution >= 0.6 is 0 Å². The Bertz CT molecular complexity index is 354. The lowest BCUT2D eigenvalue weighted by Gasteiger charge is -2.40. The Morgan fingerprint density at radius 3 is 2.10 bits per heavy atom. The molecule has 2 fully saturated rings. The first-order valence-corrected chi connectivity index (χ1v) is 7.82. The summed E-state index contributed by atoms with van der Waals surface area (Å²) >= 11 is 0. The number of likely N-dealkylation sites (tertiary alicyclic amines) is 2. The van der Waals surface area contributed by atoms with Crippen LogP contribution in [-0.2, 0) is 9.59 Å². The van der Waals surface area contributed by atoms with Gasteiger partial charge < -0.3 is 10.6 Å². The van der Waals surface area contributed by atoms with Gasteiger partial charge >= 0.3 is 0 Å². The Morgan fingerprint density at radius 2 is 1.60 bits per heavy atom. The highest BCUT2D eigenvalue weighted by atomic mass is 16.2. The standard InChI is InChI=1S/C15H27N3O2/c1-11-4-3-5-12(2)18(11)14(19)10-17-8-6-13(7-9-17)15(16)20/h11-13H,3-10H2,1-2H3,(H2,16,20). The molecule has 0 aliphatic carbocycles. The van der Waals surface area contributed by atoms with E-state index >= 15 is 0 Å². The highest BCUT2D eigenvalue weighted by molar-refractivity contribution is 5.79. The molecule has 2 aliphatic heterocycles. The number of nitrogens with zero attached hydrogens (tertiary/aromatic N) is 2. The van der Waals surface area contributed by atoms with E-state index in [1.807, 2.05) is 0 Å².